The van der Waals surface area contributed by atoms with Gasteiger partial charge in [-0.3, -0.25) is 4.79 Å². The number of nitrogens with zero attached hydrogens (tertiary/aromatic N) is 1. The number of hydrogen-bond donors (Lipinski definition) is 1. The van der Waals surface area contributed by atoms with Gasteiger partial charge >= 0.3 is 0 Å². The minimum Gasteiger partial charge on any atom is -0.306 e. The van der Waals surface area contributed by atoms with E-state index in [0.29, 0.717) is 26.1 Å². The largest absolute Gasteiger partial charge is 0.306 e. The van der Waals surface area contributed by atoms with Crippen LogP contribution in [-0.4, -0.2) is 10.9 Å². The van der Waals surface area contributed by atoms with Crippen molar-refractivity contribution in [2.45, 2.75) is 6.92 Å². The van der Waals surface area contributed by atoms with Crippen LogP contribution in [0.25, 0.3) is 10.1 Å². The number of thiophene rings is 1. The predicted molar refractivity (Wildman–Crippen MR) is 88.8 cm³/mol. The number of benzene rings is 1. The van der Waals surface area contributed by atoms with E-state index in [-0.39, 0.29) is 5.91 Å². The number of carbonyl (C=O) groups is 1. The topological polar surface area (TPSA) is 42.0 Å². The van der Waals surface area contributed by atoms with Gasteiger partial charge in [0.25, 0.3) is 5.91 Å². The number of nitrogens with one attached hydrogen (secondary N) is 1. The molecule has 1 N–H and O–H groups in total. The number of anilines is 1. The summed E-state index contributed by atoms with van der Waals surface area (Å²) in [4.78, 5) is 17.0. The normalized spacial score (nSPS) is 10.8. The molecule has 0 radical (unpaired) electrons. The first-order valence-corrected chi connectivity index (χ1v) is 7.74. The number of pyridine rings is 1. The third-order valence-electron chi connectivity index (χ3n) is 3.05. The fraction of sp³-hybridized carbons (Fsp3) is 0.0667. The first kappa shape index (κ1) is 14.3. The Bertz CT molecular complexity index is 845. The van der Waals surface area contributed by atoms with Gasteiger partial charge < -0.3 is 5.32 Å². The van der Waals surface area contributed by atoms with Crippen molar-refractivity contribution < 1.29 is 4.79 Å². The fourth-order valence-corrected chi connectivity index (χ4v) is 3.85. The average molecular weight is 337 g/mol. The summed E-state index contributed by atoms with van der Waals surface area (Å²) < 4.78 is 0.885. The van der Waals surface area contributed by atoms with E-state index in [1.54, 1.807) is 12.3 Å². The van der Waals surface area contributed by atoms with Crippen LogP contribution in [0, 0.1) is 6.92 Å². The van der Waals surface area contributed by atoms with Gasteiger partial charge in [0.15, 0.2) is 0 Å². The number of halogens is 2. The zero-order valence-electron chi connectivity index (χ0n) is 11.0. The summed E-state index contributed by atoms with van der Waals surface area (Å²) >= 11 is 13.8. The summed E-state index contributed by atoms with van der Waals surface area (Å²) in [5.41, 5.74) is 0.890. The molecule has 0 aliphatic rings. The molecule has 0 unspecified atom stereocenters. The van der Waals surface area contributed by atoms with Gasteiger partial charge in [-0.1, -0.05) is 35.3 Å². The van der Waals surface area contributed by atoms with E-state index in [0.717, 1.165) is 10.3 Å². The van der Waals surface area contributed by atoms with Crippen LogP contribution in [0.2, 0.25) is 10.0 Å². The molecule has 1 aromatic carbocycles. The Morgan fingerprint density at radius 3 is 2.76 bits per heavy atom. The third-order valence-corrected chi connectivity index (χ3v) is 5.01. The molecule has 0 aliphatic heterocycles. The summed E-state index contributed by atoms with van der Waals surface area (Å²) in [6, 6.07) is 9.18. The first-order valence-electron chi connectivity index (χ1n) is 6.17. The molecule has 2 heterocycles. The van der Waals surface area contributed by atoms with Gasteiger partial charge in [-0.05, 0) is 30.7 Å². The molecule has 0 atom stereocenters. The van der Waals surface area contributed by atoms with Gasteiger partial charge in [-0.15, -0.1) is 11.3 Å². The van der Waals surface area contributed by atoms with Crippen LogP contribution in [0.1, 0.15) is 15.2 Å². The molecular weight excluding hydrogens is 327 g/mol. The SMILES string of the molecule is Cc1cccnc1NC(=O)c1sc2cccc(Cl)c2c1Cl. The molecule has 3 nitrogen and oxygen atoms in total. The van der Waals surface area contributed by atoms with Crippen LogP contribution >= 0.6 is 34.5 Å². The highest BCUT2D eigenvalue weighted by Crippen LogP contribution is 2.39. The minimum absolute atomic E-state index is 0.279. The number of aryl methyl sites for hydroxylation is 1. The van der Waals surface area contributed by atoms with Crippen molar-refractivity contribution in [3.63, 3.8) is 0 Å². The molecule has 2 aromatic heterocycles. The maximum Gasteiger partial charge on any atom is 0.268 e. The second kappa shape index (κ2) is 5.64. The highest BCUT2D eigenvalue weighted by atomic mass is 35.5. The molecule has 0 saturated heterocycles. The third kappa shape index (κ3) is 2.62. The molecule has 6 heteroatoms. The van der Waals surface area contributed by atoms with Crippen LogP contribution in [-0.2, 0) is 0 Å². The Morgan fingerprint density at radius 2 is 2.05 bits per heavy atom. The molecule has 0 spiro atoms. The number of aromatic nitrogens is 1. The van der Waals surface area contributed by atoms with Crippen LogP contribution in [0.3, 0.4) is 0 Å². The quantitative estimate of drug-likeness (QED) is 0.701. The maximum absolute atomic E-state index is 12.4. The smallest absolute Gasteiger partial charge is 0.268 e. The fourth-order valence-electron chi connectivity index (χ4n) is 2.00. The second-order valence-electron chi connectivity index (χ2n) is 4.48. The van der Waals surface area contributed by atoms with E-state index in [1.165, 1.54) is 11.3 Å². The van der Waals surface area contributed by atoms with Gasteiger partial charge in [0, 0.05) is 16.3 Å². The summed E-state index contributed by atoms with van der Waals surface area (Å²) in [7, 11) is 0. The Hall–Kier alpha value is -1.62. The Morgan fingerprint density at radius 1 is 1.24 bits per heavy atom. The van der Waals surface area contributed by atoms with E-state index < -0.39 is 0 Å². The number of fused-ring (bicyclic) bond motifs is 1. The van der Waals surface area contributed by atoms with Crippen molar-refractivity contribution in [3.05, 3.63) is 57.0 Å². The molecule has 3 aromatic rings. The van der Waals surface area contributed by atoms with Crippen molar-refractivity contribution in [3.8, 4) is 0 Å². The molecule has 1 amide bonds. The van der Waals surface area contributed by atoms with Gasteiger partial charge in [0.1, 0.15) is 10.7 Å². The number of rotatable bonds is 2. The number of hydrogen-bond acceptors (Lipinski definition) is 3. The van der Waals surface area contributed by atoms with Gasteiger partial charge in [0.05, 0.1) is 10.0 Å². The lowest BCUT2D eigenvalue weighted by atomic mass is 10.2. The monoisotopic (exact) mass is 336 g/mol. The highest BCUT2D eigenvalue weighted by Gasteiger charge is 2.19. The summed E-state index contributed by atoms with van der Waals surface area (Å²) in [6.07, 6.45) is 1.63. The molecule has 3 rings (SSSR count). The lowest BCUT2D eigenvalue weighted by Gasteiger charge is -2.05. The zero-order valence-corrected chi connectivity index (χ0v) is 13.3. The van der Waals surface area contributed by atoms with Crippen molar-refractivity contribution in [1.82, 2.24) is 4.98 Å². The number of amides is 1. The van der Waals surface area contributed by atoms with Crippen LogP contribution in [0.15, 0.2) is 36.5 Å². The molecule has 0 bridgehead atoms. The minimum atomic E-state index is -0.279. The zero-order chi connectivity index (χ0) is 15.0. The summed E-state index contributed by atoms with van der Waals surface area (Å²) in [6.45, 7) is 1.88. The van der Waals surface area contributed by atoms with Crippen LogP contribution in [0.4, 0.5) is 5.82 Å². The standard InChI is InChI=1S/C15H10Cl2N2OS/c1-8-4-3-7-18-14(8)19-15(20)13-12(17)11-9(16)5-2-6-10(11)21-13/h2-7H,1H3,(H,18,19,20). The van der Waals surface area contributed by atoms with Gasteiger partial charge in [-0.2, -0.15) is 0 Å². The van der Waals surface area contributed by atoms with Gasteiger partial charge in [0.2, 0.25) is 0 Å². The highest BCUT2D eigenvalue weighted by molar-refractivity contribution is 7.21. The van der Waals surface area contributed by atoms with E-state index in [1.807, 2.05) is 31.2 Å². The molecule has 0 aliphatic carbocycles. The first-order chi connectivity index (χ1) is 10.1. The summed E-state index contributed by atoms with van der Waals surface area (Å²) in [5, 5.41) is 4.42. The lowest BCUT2D eigenvalue weighted by molar-refractivity contribution is 0.103. The van der Waals surface area contributed by atoms with E-state index in [9.17, 15) is 4.79 Å². The Balaban J connectivity index is 2.01. The van der Waals surface area contributed by atoms with Crippen molar-refractivity contribution in [2.75, 3.05) is 5.32 Å². The van der Waals surface area contributed by atoms with Crippen LogP contribution in [0.5, 0.6) is 0 Å². The Kier molecular flexibility index (Phi) is 3.85. The predicted octanol–water partition coefficient (Wildman–Crippen LogP) is 5.16. The van der Waals surface area contributed by atoms with E-state index in [4.69, 9.17) is 23.2 Å². The maximum atomic E-state index is 12.4. The lowest BCUT2D eigenvalue weighted by Crippen LogP contribution is -2.12. The van der Waals surface area contributed by atoms with E-state index >= 15 is 0 Å². The van der Waals surface area contributed by atoms with Crippen LogP contribution < -0.4 is 5.32 Å². The van der Waals surface area contributed by atoms with E-state index in [2.05, 4.69) is 10.3 Å². The average Bonchev–Trinajstić information content (AvgIpc) is 2.80. The van der Waals surface area contributed by atoms with Crippen molar-refractivity contribution in [1.29, 1.82) is 0 Å². The molecule has 0 fully saturated rings. The molecule has 21 heavy (non-hydrogen) atoms. The second-order valence-corrected chi connectivity index (χ2v) is 6.32. The molecular formula is C15H10Cl2N2OS. The molecule has 0 saturated carbocycles. The summed E-state index contributed by atoms with van der Waals surface area (Å²) in [5.74, 6) is 0.251. The van der Waals surface area contributed by atoms with Crippen molar-refractivity contribution >= 4 is 56.3 Å². The van der Waals surface area contributed by atoms with Gasteiger partial charge in [-0.25, -0.2) is 4.98 Å². The molecule has 106 valence electrons. The Labute approximate surface area is 135 Å². The number of carbonyl (C=O) groups excluding carboxylic acids is 1. The van der Waals surface area contributed by atoms with Crippen molar-refractivity contribution in [2.24, 2.45) is 0 Å².